The lowest BCUT2D eigenvalue weighted by Gasteiger charge is -2.21. The Morgan fingerprint density at radius 1 is 1.56 bits per heavy atom. The summed E-state index contributed by atoms with van der Waals surface area (Å²) in [6.45, 7) is 1.69. The van der Waals surface area contributed by atoms with Gasteiger partial charge in [-0.1, -0.05) is 0 Å². The van der Waals surface area contributed by atoms with Crippen molar-refractivity contribution in [3.05, 3.63) is 18.2 Å². The Bertz CT molecular complexity index is 404. The number of nitrogens with zero attached hydrogens (tertiary/aromatic N) is 1. The number of anilines is 2. The fraction of sp³-hybridized carbons (Fsp3) is 0.364. The van der Waals surface area contributed by atoms with Gasteiger partial charge in [-0.2, -0.15) is 0 Å². The molecule has 0 fully saturated rings. The number of nitrogens with one attached hydrogen (secondary N) is 1. The summed E-state index contributed by atoms with van der Waals surface area (Å²) in [5, 5.41) is 3.20. The number of aliphatic imine (C=N–C) groups is 1. The van der Waals surface area contributed by atoms with Gasteiger partial charge in [0.25, 0.3) is 0 Å². The normalized spacial score (nSPS) is 16.4. The zero-order chi connectivity index (χ0) is 11.4. The lowest BCUT2D eigenvalue weighted by molar-refractivity contribution is 0.208. The van der Waals surface area contributed by atoms with Crippen LogP contribution in [0, 0.1) is 0 Å². The number of amidine groups is 1. The highest BCUT2D eigenvalue weighted by atomic mass is 16.5. The minimum absolute atomic E-state index is 0.445. The molecule has 5 nitrogen and oxygen atoms in total. The van der Waals surface area contributed by atoms with Crippen LogP contribution in [0.2, 0.25) is 0 Å². The Balaban J connectivity index is 2.06. The summed E-state index contributed by atoms with van der Waals surface area (Å²) in [6, 6.07) is 5.51. The van der Waals surface area contributed by atoms with E-state index >= 15 is 0 Å². The molecule has 0 atom stereocenters. The predicted octanol–water partition coefficient (Wildman–Crippen LogP) is 1.12. The van der Waals surface area contributed by atoms with Gasteiger partial charge in [0.1, 0.15) is 18.2 Å². The second-order valence-electron chi connectivity index (χ2n) is 3.49. The molecule has 86 valence electrons. The van der Waals surface area contributed by atoms with Gasteiger partial charge < -0.3 is 20.5 Å². The highest BCUT2D eigenvalue weighted by Gasteiger charge is 2.13. The first-order valence-corrected chi connectivity index (χ1v) is 5.11. The maximum Gasteiger partial charge on any atom is 0.146 e. The maximum absolute atomic E-state index is 5.66. The van der Waals surface area contributed by atoms with Gasteiger partial charge in [0.15, 0.2) is 0 Å². The molecule has 0 bridgehead atoms. The van der Waals surface area contributed by atoms with Crippen molar-refractivity contribution < 1.29 is 9.47 Å². The van der Waals surface area contributed by atoms with Gasteiger partial charge in [0, 0.05) is 18.9 Å². The molecule has 0 aliphatic carbocycles. The molecule has 1 aromatic rings. The van der Waals surface area contributed by atoms with E-state index in [1.54, 1.807) is 13.2 Å². The molecule has 0 spiro atoms. The van der Waals surface area contributed by atoms with E-state index in [1.165, 1.54) is 0 Å². The van der Waals surface area contributed by atoms with E-state index in [-0.39, 0.29) is 0 Å². The van der Waals surface area contributed by atoms with Crippen LogP contribution in [0.3, 0.4) is 0 Å². The first-order valence-electron chi connectivity index (χ1n) is 5.11. The fourth-order valence-electron chi connectivity index (χ4n) is 1.46. The molecule has 3 N–H and O–H groups in total. The quantitative estimate of drug-likeness (QED) is 0.592. The number of rotatable bonds is 3. The number of fused-ring (bicyclic) bond motifs is 1. The van der Waals surface area contributed by atoms with Gasteiger partial charge >= 0.3 is 0 Å². The lowest BCUT2D eigenvalue weighted by atomic mass is 10.2. The van der Waals surface area contributed by atoms with Crippen LogP contribution in [0.15, 0.2) is 23.2 Å². The van der Waals surface area contributed by atoms with Crippen LogP contribution in [-0.4, -0.2) is 32.7 Å². The zero-order valence-corrected chi connectivity index (χ0v) is 9.19. The summed E-state index contributed by atoms with van der Waals surface area (Å²) in [6.07, 6.45) is 0. The van der Waals surface area contributed by atoms with Gasteiger partial charge in [0.05, 0.1) is 18.8 Å². The molecule has 0 radical (unpaired) electrons. The van der Waals surface area contributed by atoms with Crippen LogP contribution in [0.5, 0.6) is 5.75 Å². The first-order chi connectivity index (χ1) is 7.79. The van der Waals surface area contributed by atoms with E-state index in [1.807, 2.05) is 12.1 Å². The van der Waals surface area contributed by atoms with E-state index in [2.05, 4.69) is 10.3 Å². The Kier molecular flexibility index (Phi) is 3.26. The molecule has 5 heteroatoms. The van der Waals surface area contributed by atoms with Crippen molar-refractivity contribution in [1.82, 2.24) is 0 Å². The van der Waals surface area contributed by atoms with Crippen LogP contribution in [0.25, 0.3) is 0 Å². The largest absolute Gasteiger partial charge is 0.483 e. The van der Waals surface area contributed by atoms with Crippen LogP contribution >= 0.6 is 0 Å². The average molecular weight is 221 g/mol. The Labute approximate surface area is 94.3 Å². The highest BCUT2D eigenvalue weighted by molar-refractivity contribution is 5.99. The summed E-state index contributed by atoms with van der Waals surface area (Å²) in [7, 11) is 1.66. The summed E-state index contributed by atoms with van der Waals surface area (Å²) >= 11 is 0. The number of hydrogen-bond acceptors (Lipinski definition) is 4. The van der Waals surface area contributed by atoms with Crippen molar-refractivity contribution in [2.75, 3.05) is 37.9 Å². The zero-order valence-electron chi connectivity index (χ0n) is 9.19. The third-order valence-corrected chi connectivity index (χ3v) is 2.25. The number of methoxy groups -OCH3 is 1. The molecular weight excluding hydrogens is 206 g/mol. The predicted molar refractivity (Wildman–Crippen MR) is 64.2 cm³/mol. The summed E-state index contributed by atoms with van der Waals surface area (Å²) in [4.78, 5) is 4.32. The van der Waals surface area contributed by atoms with Crippen LogP contribution in [0.1, 0.15) is 0 Å². The minimum Gasteiger partial charge on any atom is -0.483 e. The molecule has 1 heterocycles. The van der Waals surface area contributed by atoms with Gasteiger partial charge in [-0.3, -0.25) is 4.99 Å². The van der Waals surface area contributed by atoms with Gasteiger partial charge in [-0.25, -0.2) is 0 Å². The lowest BCUT2D eigenvalue weighted by Crippen LogP contribution is -2.26. The maximum atomic E-state index is 5.66. The molecule has 0 aromatic heterocycles. The Hall–Kier alpha value is -1.75. The van der Waals surface area contributed by atoms with Gasteiger partial charge in [-0.15, -0.1) is 0 Å². The smallest absolute Gasteiger partial charge is 0.146 e. The first kappa shape index (κ1) is 10.8. The van der Waals surface area contributed by atoms with Crippen LogP contribution < -0.4 is 15.8 Å². The molecule has 1 aliphatic rings. The van der Waals surface area contributed by atoms with Crippen molar-refractivity contribution in [1.29, 1.82) is 0 Å². The number of nitrogens with two attached hydrogens (primary N) is 1. The molecule has 2 rings (SSSR count). The fourth-order valence-corrected chi connectivity index (χ4v) is 1.46. The molecule has 1 aliphatic heterocycles. The van der Waals surface area contributed by atoms with Gasteiger partial charge in [0.2, 0.25) is 0 Å². The van der Waals surface area contributed by atoms with Crippen molar-refractivity contribution in [2.45, 2.75) is 0 Å². The standard InChI is InChI=1S/C11H15N3O2/c1-15-5-4-13-11-7-16-10-6-8(12)2-3-9(10)14-11/h2-3,6H,4-5,7,12H2,1H3,(H,13,14). The summed E-state index contributed by atoms with van der Waals surface area (Å²) < 4.78 is 10.5. The van der Waals surface area contributed by atoms with E-state index in [0.29, 0.717) is 25.4 Å². The van der Waals surface area contributed by atoms with Gasteiger partial charge in [-0.05, 0) is 12.1 Å². The molecule has 16 heavy (non-hydrogen) atoms. The molecule has 0 saturated carbocycles. The van der Waals surface area contributed by atoms with Crippen molar-refractivity contribution >= 4 is 17.2 Å². The van der Waals surface area contributed by atoms with E-state index in [0.717, 1.165) is 17.3 Å². The topological polar surface area (TPSA) is 68.9 Å². The highest BCUT2D eigenvalue weighted by Crippen LogP contribution is 2.29. The van der Waals surface area contributed by atoms with E-state index < -0.39 is 0 Å². The monoisotopic (exact) mass is 221 g/mol. The molecular formula is C11H15N3O2. The Morgan fingerprint density at radius 2 is 2.44 bits per heavy atom. The molecule has 0 unspecified atom stereocenters. The SMILES string of the molecule is COCCN=C1COc2cc(N)ccc2N1. The summed E-state index contributed by atoms with van der Waals surface area (Å²) in [5.74, 6) is 1.58. The second kappa shape index (κ2) is 4.85. The Morgan fingerprint density at radius 3 is 3.25 bits per heavy atom. The second-order valence-corrected chi connectivity index (χ2v) is 3.49. The number of hydrogen-bond donors (Lipinski definition) is 2. The van der Waals surface area contributed by atoms with Crippen LogP contribution in [0.4, 0.5) is 11.4 Å². The third kappa shape index (κ3) is 2.43. The average Bonchev–Trinajstić information content (AvgIpc) is 2.29. The van der Waals surface area contributed by atoms with E-state index in [9.17, 15) is 0 Å². The number of nitrogen functional groups attached to an aromatic ring is 1. The molecule has 0 saturated heterocycles. The molecule has 0 amide bonds. The minimum atomic E-state index is 0.445. The van der Waals surface area contributed by atoms with E-state index in [4.69, 9.17) is 15.2 Å². The molecule has 1 aromatic carbocycles. The number of benzene rings is 1. The third-order valence-electron chi connectivity index (χ3n) is 2.25. The van der Waals surface area contributed by atoms with Crippen LogP contribution in [-0.2, 0) is 4.74 Å². The van der Waals surface area contributed by atoms with Crippen molar-refractivity contribution in [3.8, 4) is 5.75 Å². The summed E-state index contributed by atoms with van der Waals surface area (Å²) in [5.41, 5.74) is 7.25. The number of ether oxygens (including phenoxy) is 2. The van der Waals surface area contributed by atoms with Crippen molar-refractivity contribution in [3.63, 3.8) is 0 Å². The van der Waals surface area contributed by atoms with Crippen molar-refractivity contribution in [2.24, 2.45) is 4.99 Å².